The molecule has 3 heteroatoms. The van der Waals surface area contributed by atoms with Crippen molar-refractivity contribution in [2.24, 2.45) is 5.92 Å². The molecule has 1 saturated heterocycles. The first-order valence-corrected chi connectivity index (χ1v) is 5.52. The summed E-state index contributed by atoms with van der Waals surface area (Å²) >= 11 is 0. The molecule has 0 radical (unpaired) electrons. The van der Waals surface area contributed by atoms with E-state index in [0.29, 0.717) is 5.92 Å². The lowest BCUT2D eigenvalue weighted by atomic mass is 9.95. The molecule has 0 aromatic rings. The van der Waals surface area contributed by atoms with Gasteiger partial charge >= 0.3 is 0 Å². The molecule has 0 N–H and O–H groups in total. The maximum Gasteiger partial charge on any atom is 0.279 e. The van der Waals surface area contributed by atoms with Crippen molar-refractivity contribution in [3.05, 3.63) is 0 Å². The molecule has 84 valence electrons. The van der Waals surface area contributed by atoms with Crippen molar-refractivity contribution in [3.8, 4) is 0 Å². The van der Waals surface area contributed by atoms with Gasteiger partial charge in [0.25, 0.3) is 5.97 Å². The van der Waals surface area contributed by atoms with Gasteiger partial charge in [-0.05, 0) is 12.8 Å². The van der Waals surface area contributed by atoms with Crippen molar-refractivity contribution < 1.29 is 14.2 Å². The van der Waals surface area contributed by atoms with Crippen LogP contribution in [0.15, 0.2) is 0 Å². The molecule has 0 aliphatic carbocycles. The van der Waals surface area contributed by atoms with E-state index in [1.54, 1.807) is 7.11 Å². The van der Waals surface area contributed by atoms with E-state index in [1.165, 1.54) is 0 Å². The van der Waals surface area contributed by atoms with Crippen LogP contribution in [0.2, 0.25) is 0 Å². The number of ether oxygens (including phenoxy) is 3. The Morgan fingerprint density at radius 3 is 2.64 bits per heavy atom. The van der Waals surface area contributed by atoms with Crippen molar-refractivity contribution in [1.29, 1.82) is 0 Å². The highest BCUT2D eigenvalue weighted by Crippen LogP contribution is 2.30. The van der Waals surface area contributed by atoms with Gasteiger partial charge in [0.1, 0.15) is 0 Å². The smallest absolute Gasteiger partial charge is 0.279 e. The first-order chi connectivity index (χ1) is 6.65. The molecule has 0 spiro atoms. The summed E-state index contributed by atoms with van der Waals surface area (Å²) in [6, 6.07) is 0. The van der Waals surface area contributed by atoms with Crippen LogP contribution < -0.4 is 0 Å². The molecular formula is C11H22O3. The first kappa shape index (κ1) is 12.0. The minimum Gasteiger partial charge on any atom is -0.331 e. The minimum atomic E-state index is -0.828. The van der Waals surface area contributed by atoms with Crippen molar-refractivity contribution in [1.82, 2.24) is 0 Å². The van der Waals surface area contributed by atoms with Crippen LogP contribution in [-0.2, 0) is 14.2 Å². The Labute approximate surface area is 86.7 Å². The summed E-state index contributed by atoms with van der Waals surface area (Å²) in [5.74, 6) is -0.316. The number of hydrogen-bond acceptors (Lipinski definition) is 3. The van der Waals surface area contributed by atoms with Gasteiger partial charge in [0.2, 0.25) is 0 Å². The summed E-state index contributed by atoms with van der Waals surface area (Å²) < 4.78 is 16.6. The van der Waals surface area contributed by atoms with E-state index in [-0.39, 0.29) is 6.10 Å². The summed E-state index contributed by atoms with van der Waals surface area (Å²) in [6.07, 6.45) is 3.61. The van der Waals surface area contributed by atoms with Gasteiger partial charge in [-0.2, -0.15) is 0 Å². The Bertz CT molecular complexity index is 172. The fourth-order valence-electron chi connectivity index (χ4n) is 1.84. The second kappa shape index (κ2) is 5.10. The Morgan fingerprint density at radius 1 is 1.43 bits per heavy atom. The predicted molar refractivity (Wildman–Crippen MR) is 54.9 cm³/mol. The van der Waals surface area contributed by atoms with Crippen molar-refractivity contribution in [3.63, 3.8) is 0 Å². The average molecular weight is 202 g/mol. The SMILES string of the molecule is CCCC1OC(C)(OC)OCC1CC. The zero-order chi connectivity index (χ0) is 10.6. The maximum absolute atomic E-state index is 5.82. The lowest BCUT2D eigenvalue weighted by molar-refractivity contribution is -0.410. The number of hydrogen-bond donors (Lipinski definition) is 0. The lowest BCUT2D eigenvalue weighted by Gasteiger charge is -2.41. The quantitative estimate of drug-likeness (QED) is 0.701. The molecule has 0 aromatic heterocycles. The second-order valence-electron chi connectivity index (χ2n) is 3.99. The van der Waals surface area contributed by atoms with E-state index < -0.39 is 5.97 Å². The molecule has 1 aliphatic heterocycles. The van der Waals surface area contributed by atoms with Crippen LogP contribution in [0.4, 0.5) is 0 Å². The Kier molecular flexibility index (Phi) is 4.35. The molecule has 1 fully saturated rings. The Balaban J connectivity index is 2.56. The molecule has 3 unspecified atom stereocenters. The van der Waals surface area contributed by atoms with E-state index in [0.717, 1.165) is 25.9 Å². The molecule has 1 rings (SSSR count). The van der Waals surface area contributed by atoms with Crippen LogP contribution in [0.1, 0.15) is 40.0 Å². The zero-order valence-corrected chi connectivity index (χ0v) is 9.71. The fourth-order valence-corrected chi connectivity index (χ4v) is 1.84. The van der Waals surface area contributed by atoms with Crippen molar-refractivity contribution in [2.45, 2.75) is 52.1 Å². The highest BCUT2D eigenvalue weighted by molar-refractivity contribution is 4.74. The maximum atomic E-state index is 5.82. The summed E-state index contributed by atoms with van der Waals surface area (Å²) in [5.41, 5.74) is 0. The molecular weight excluding hydrogens is 180 g/mol. The molecule has 1 heterocycles. The summed E-state index contributed by atoms with van der Waals surface area (Å²) in [4.78, 5) is 0. The molecule has 0 saturated carbocycles. The standard InChI is InChI=1S/C11H22O3/c1-5-7-10-9(6-2)8-13-11(3,12-4)14-10/h9-10H,5-8H2,1-4H3. The molecule has 0 aromatic carbocycles. The van der Waals surface area contributed by atoms with Gasteiger partial charge in [-0.25, -0.2) is 0 Å². The Hall–Kier alpha value is -0.120. The van der Waals surface area contributed by atoms with Crippen molar-refractivity contribution in [2.75, 3.05) is 13.7 Å². The summed E-state index contributed by atoms with van der Waals surface area (Å²) in [6.45, 7) is 6.93. The topological polar surface area (TPSA) is 27.7 Å². The fraction of sp³-hybridized carbons (Fsp3) is 1.00. The van der Waals surface area contributed by atoms with Crippen molar-refractivity contribution >= 4 is 0 Å². The molecule has 0 amide bonds. The van der Waals surface area contributed by atoms with Gasteiger partial charge in [-0.1, -0.05) is 20.3 Å². The predicted octanol–water partition coefficient (Wildman–Crippen LogP) is 2.55. The monoisotopic (exact) mass is 202 g/mol. The minimum absolute atomic E-state index is 0.281. The average Bonchev–Trinajstić information content (AvgIpc) is 2.19. The largest absolute Gasteiger partial charge is 0.331 e. The Morgan fingerprint density at radius 2 is 2.14 bits per heavy atom. The van der Waals surface area contributed by atoms with E-state index in [9.17, 15) is 0 Å². The molecule has 3 atom stereocenters. The van der Waals surface area contributed by atoms with Gasteiger partial charge in [-0.15, -0.1) is 0 Å². The third kappa shape index (κ3) is 2.69. The molecule has 14 heavy (non-hydrogen) atoms. The van der Waals surface area contributed by atoms with Crippen LogP contribution in [0.5, 0.6) is 0 Å². The van der Waals surface area contributed by atoms with Gasteiger partial charge in [0.05, 0.1) is 12.7 Å². The van der Waals surface area contributed by atoms with Gasteiger partial charge in [0, 0.05) is 20.0 Å². The molecule has 3 nitrogen and oxygen atoms in total. The molecule has 1 aliphatic rings. The first-order valence-electron chi connectivity index (χ1n) is 5.52. The van der Waals surface area contributed by atoms with Crippen LogP contribution in [0, 0.1) is 5.92 Å². The van der Waals surface area contributed by atoms with Gasteiger partial charge in [0.15, 0.2) is 0 Å². The lowest BCUT2D eigenvalue weighted by Crippen LogP contribution is -2.48. The zero-order valence-electron chi connectivity index (χ0n) is 9.71. The highest BCUT2D eigenvalue weighted by Gasteiger charge is 2.38. The van der Waals surface area contributed by atoms with Crippen LogP contribution in [-0.4, -0.2) is 25.8 Å². The normalized spacial score (nSPS) is 38.6. The van der Waals surface area contributed by atoms with Crippen LogP contribution in [0.25, 0.3) is 0 Å². The van der Waals surface area contributed by atoms with E-state index in [2.05, 4.69) is 13.8 Å². The third-order valence-corrected chi connectivity index (χ3v) is 2.92. The van der Waals surface area contributed by atoms with Gasteiger partial charge < -0.3 is 14.2 Å². The second-order valence-corrected chi connectivity index (χ2v) is 3.99. The third-order valence-electron chi connectivity index (χ3n) is 2.92. The van der Waals surface area contributed by atoms with E-state index in [4.69, 9.17) is 14.2 Å². The van der Waals surface area contributed by atoms with Crippen LogP contribution >= 0.6 is 0 Å². The molecule has 0 bridgehead atoms. The van der Waals surface area contributed by atoms with Crippen LogP contribution in [0.3, 0.4) is 0 Å². The van der Waals surface area contributed by atoms with Gasteiger partial charge in [-0.3, -0.25) is 0 Å². The number of methoxy groups -OCH3 is 1. The van der Waals surface area contributed by atoms with E-state index >= 15 is 0 Å². The highest BCUT2D eigenvalue weighted by atomic mass is 16.9. The summed E-state index contributed by atoms with van der Waals surface area (Å²) in [7, 11) is 1.62. The summed E-state index contributed by atoms with van der Waals surface area (Å²) in [5, 5.41) is 0. The van der Waals surface area contributed by atoms with E-state index in [1.807, 2.05) is 6.92 Å². The number of rotatable bonds is 4.